The maximum Gasteiger partial charge on any atom is 0.326 e. The Hall–Kier alpha value is -1.70. The van der Waals surface area contributed by atoms with Crippen LogP contribution in [0.15, 0.2) is 23.1 Å². The Morgan fingerprint density at radius 2 is 1.93 bits per heavy atom. The normalized spacial score (nSPS) is 11.1. The molecule has 0 radical (unpaired) electrons. The number of nitrogens with one attached hydrogen (secondary N) is 1. The molecule has 15 heavy (non-hydrogen) atoms. The summed E-state index contributed by atoms with van der Waals surface area (Å²) < 4.78 is 49.3. The third-order valence-corrected chi connectivity index (χ3v) is 2.78. The van der Waals surface area contributed by atoms with Crippen LogP contribution in [0.5, 0.6) is 0 Å². The zero-order valence-corrected chi connectivity index (χ0v) is 8.01. The molecule has 1 rings (SSSR count). The van der Waals surface area contributed by atoms with E-state index < -0.39 is 32.6 Å². The third-order valence-electron chi connectivity index (χ3n) is 1.42. The van der Waals surface area contributed by atoms with E-state index in [1.54, 1.807) is 0 Å². The van der Waals surface area contributed by atoms with Crippen LogP contribution in [0, 0.1) is 11.6 Å². The van der Waals surface area contributed by atoms with Gasteiger partial charge in [0.1, 0.15) is 16.5 Å². The molecule has 8 heteroatoms. The van der Waals surface area contributed by atoms with Crippen LogP contribution in [0.1, 0.15) is 0 Å². The monoisotopic (exact) mass is 236 g/mol. The minimum atomic E-state index is -4.45. The molecule has 0 bridgehead atoms. The molecule has 0 aliphatic carbocycles. The second kappa shape index (κ2) is 3.81. The first-order chi connectivity index (χ1) is 6.83. The molecule has 0 aromatic heterocycles. The number of primary amides is 1. The summed E-state index contributed by atoms with van der Waals surface area (Å²) in [5.41, 5.74) is 4.56. The summed E-state index contributed by atoms with van der Waals surface area (Å²) in [6.45, 7) is 0. The number of rotatable bonds is 2. The molecular weight excluding hydrogens is 230 g/mol. The number of amides is 2. The topological polar surface area (TPSA) is 89.3 Å². The molecule has 0 unspecified atom stereocenters. The van der Waals surface area contributed by atoms with Crippen molar-refractivity contribution in [2.75, 3.05) is 0 Å². The Morgan fingerprint density at radius 1 is 1.33 bits per heavy atom. The number of halogens is 2. The van der Waals surface area contributed by atoms with Gasteiger partial charge in [-0.1, -0.05) is 0 Å². The maximum atomic E-state index is 13.0. The lowest BCUT2D eigenvalue weighted by Gasteiger charge is -2.04. The van der Waals surface area contributed by atoms with Gasteiger partial charge in [-0.2, -0.15) is 0 Å². The van der Waals surface area contributed by atoms with Gasteiger partial charge < -0.3 is 5.73 Å². The van der Waals surface area contributed by atoms with E-state index in [-0.39, 0.29) is 0 Å². The fourth-order valence-corrected chi connectivity index (χ4v) is 1.84. The molecule has 0 saturated heterocycles. The van der Waals surface area contributed by atoms with E-state index in [4.69, 9.17) is 0 Å². The molecule has 0 atom stereocenters. The first kappa shape index (κ1) is 11.4. The molecule has 5 nitrogen and oxygen atoms in total. The van der Waals surface area contributed by atoms with Gasteiger partial charge in [-0.3, -0.25) is 0 Å². The molecular formula is C7H6F2N2O3S. The van der Waals surface area contributed by atoms with Crippen molar-refractivity contribution in [1.29, 1.82) is 0 Å². The summed E-state index contributed by atoms with van der Waals surface area (Å²) in [7, 11) is -4.45. The molecule has 0 aliphatic heterocycles. The highest BCUT2D eigenvalue weighted by Gasteiger charge is 2.21. The third kappa shape index (κ3) is 2.62. The summed E-state index contributed by atoms with van der Waals surface area (Å²) in [6, 6.07) is 0.447. The number of benzene rings is 1. The Labute approximate surface area is 83.9 Å². The van der Waals surface area contributed by atoms with Crippen molar-refractivity contribution in [2.45, 2.75) is 4.90 Å². The summed E-state index contributed by atoms with van der Waals surface area (Å²) in [4.78, 5) is 9.33. The number of hydrogen-bond acceptors (Lipinski definition) is 3. The zero-order valence-electron chi connectivity index (χ0n) is 7.20. The van der Waals surface area contributed by atoms with E-state index in [2.05, 4.69) is 5.73 Å². The SMILES string of the molecule is NC(=O)NS(=O)(=O)c1cc(F)ccc1F. The second-order valence-corrected chi connectivity index (χ2v) is 4.20. The van der Waals surface area contributed by atoms with Crippen molar-refractivity contribution in [2.24, 2.45) is 5.73 Å². The van der Waals surface area contributed by atoms with Crippen molar-refractivity contribution >= 4 is 16.1 Å². The van der Waals surface area contributed by atoms with Gasteiger partial charge in [0.2, 0.25) is 0 Å². The van der Waals surface area contributed by atoms with Crippen molar-refractivity contribution in [3.05, 3.63) is 29.8 Å². The van der Waals surface area contributed by atoms with E-state index in [1.807, 2.05) is 0 Å². The van der Waals surface area contributed by atoms with Gasteiger partial charge in [0.05, 0.1) is 0 Å². The molecule has 0 aliphatic rings. The highest BCUT2D eigenvalue weighted by molar-refractivity contribution is 7.90. The molecule has 0 spiro atoms. The summed E-state index contributed by atoms with van der Waals surface area (Å²) in [5, 5.41) is 0. The average molecular weight is 236 g/mol. The van der Waals surface area contributed by atoms with Gasteiger partial charge in [0.25, 0.3) is 10.0 Å². The van der Waals surface area contributed by atoms with Gasteiger partial charge in [0.15, 0.2) is 0 Å². The first-order valence-corrected chi connectivity index (χ1v) is 5.08. The van der Waals surface area contributed by atoms with Crippen molar-refractivity contribution < 1.29 is 22.0 Å². The largest absolute Gasteiger partial charge is 0.351 e. The van der Waals surface area contributed by atoms with Crippen LogP contribution in [0.2, 0.25) is 0 Å². The summed E-state index contributed by atoms with van der Waals surface area (Å²) >= 11 is 0. The van der Waals surface area contributed by atoms with Crippen LogP contribution < -0.4 is 10.5 Å². The van der Waals surface area contributed by atoms with Gasteiger partial charge in [-0.05, 0) is 18.2 Å². The van der Waals surface area contributed by atoms with Gasteiger partial charge in [-0.15, -0.1) is 0 Å². The van der Waals surface area contributed by atoms with Crippen LogP contribution >= 0.6 is 0 Å². The molecule has 0 saturated carbocycles. The lowest BCUT2D eigenvalue weighted by Crippen LogP contribution is -2.35. The van der Waals surface area contributed by atoms with Crippen LogP contribution in [0.25, 0.3) is 0 Å². The van der Waals surface area contributed by atoms with Crippen LogP contribution in [-0.2, 0) is 10.0 Å². The number of sulfonamides is 1. The van der Waals surface area contributed by atoms with Crippen LogP contribution in [0.4, 0.5) is 13.6 Å². The van der Waals surface area contributed by atoms with Gasteiger partial charge >= 0.3 is 6.03 Å². The molecule has 2 amide bonds. The predicted octanol–water partition coefficient (Wildman–Crippen LogP) is 0.322. The number of hydrogen-bond donors (Lipinski definition) is 2. The minimum Gasteiger partial charge on any atom is -0.351 e. The highest BCUT2D eigenvalue weighted by Crippen LogP contribution is 2.15. The first-order valence-electron chi connectivity index (χ1n) is 3.60. The lowest BCUT2D eigenvalue weighted by molar-refractivity contribution is 0.253. The maximum absolute atomic E-state index is 13.0. The number of urea groups is 1. The molecule has 82 valence electrons. The van der Waals surface area contributed by atoms with E-state index in [1.165, 1.54) is 4.72 Å². The van der Waals surface area contributed by atoms with Crippen molar-refractivity contribution in [3.63, 3.8) is 0 Å². The Balaban J connectivity index is 3.26. The van der Waals surface area contributed by atoms with E-state index in [0.29, 0.717) is 12.1 Å². The predicted molar refractivity (Wildman–Crippen MR) is 46.3 cm³/mol. The fourth-order valence-electron chi connectivity index (χ4n) is 0.871. The zero-order chi connectivity index (χ0) is 11.6. The molecule has 1 aromatic carbocycles. The standard InChI is InChI=1S/C7H6F2N2O3S/c8-4-1-2-5(9)6(3-4)15(13,14)11-7(10)12/h1-3H,(H3,10,11,12). The molecule has 1 aromatic rings. The molecule has 0 heterocycles. The number of nitrogens with two attached hydrogens (primary N) is 1. The highest BCUT2D eigenvalue weighted by atomic mass is 32.2. The number of carbonyl (C=O) groups is 1. The van der Waals surface area contributed by atoms with Crippen molar-refractivity contribution in [3.8, 4) is 0 Å². The second-order valence-electron chi connectivity index (χ2n) is 2.54. The molecule has 0 fully saturated rings. The van der Waals surface area contributed by atoms with Crippen LogP contribution in [0.3, 0.4) is 0 Å². The van der Waals surface area contributed by atoms with Gasteiger partial charge in [-0.25, -0.2) is 26.7 Å². The Morgan fingerprint density at radius 3 is 2.47 bits per heavy atom. The van der Waals surface area contributed by atoms with Gasteiger partial charge in [0, 0.05) is 0 Å². The van der Waals surface area contributed by atoms with Crippen molar-refractivity contribution in [1.82, 2.24) is 4.72 Å². The number of carbonyl (C=O) groups excluding carboxylic acids is 1. The Bertz CT molecular complexity index is 501. The lowest BCUT2D eigenvalue weighted by atomic mass is 10.3. The quantitative estimate of drug-likeness (QED) is 0.775. The van der Waals surface area contributed by atoms with E-state index in [0.717, 1.165) is 6.07 Å². The van der Waals surface area contributed by atoms with E-state index in [9.17, 15) is 22.0 Å². The fraction of sp³-hybridized carbons (Fsp3) is 0. The summed E-state index contributed by atoms with van der Waals surface area (Å²) in [5.74, 6) is -2.12. The minimum absolute atomic E-state index is 0.445. The average Bonchev–Trinajstić information content (AvgIpc) is 2.06. The Kier molecular flexibility index (Phi) is 2.89. The van der Waals surface area contributed by atoms with Crippen LogP contribution in [-0.4, -0.2) is 14.4 Å². The smallest absolute Gasteiger partial charge is 0.326 e. The molecule has 3 N–H and O–H groups in total. The summed E-state index contributed by atoms with van der Waals surface area (Å²) in [6.07, 6.45) is 0. The van der Waals surface area contributed by atoms with E-state index >= 15 is 0 Å².